The molecule has 3 aromatic rings. The van der Waals surface area contributed by atoms with Crippen LogP contribution in [-0.2, 0) is 13.1 Å². The molecule has 3 aromatic heterocycles. The summed E-state index contributed by atoms with van der Waals surface area (Å²) in [5.41, 5.74) is 0.379. The van der Waals surface area contributed by atoms with Crippen LogP contribution >= 0.6 is 11.3 Å². The second kappa shape index (κ2) is 6.42. The summed E-state index contributed by atoms with van der Waals surface area (Å²) >= 11 is 1.47. The Morgan fingerprint density at radius 1 is 1.39 bits per heavy atom. The topological polar surface area (TPSA) is 64.2 Å². The Hall–Kier alpha value is -2.34. The van der Waals surface area contributed by atoms with Crippen LogP contribution in [0, 0.1) is 6.92 Å². The number of aromatic nitrogens is 1. The van der Waals surface area contributed by atoms with E-state index in [9.17, 15) is 9.59 Å². The molecule has 0 aromatic carbocycles. The minimum absolute atomic E-state index is 0.100. The molecule has 23 heavy (non-hydrogen) atoms. The smallest absolute Gasteiger partial charge is 0.260 e. The van der Waals surface area contributed by atoms with Gasteiger partial charge in [0.05, 0.1) is 23.8 Å². The lowest BCUT2D eigenvalue weighted by molar-refractivity contribution is 0.0949. The number of carbonyl (C=O) groups is 1. The maximum Gasteiger partial charge on any atom is 0.260 e. The average molecular weight is 330 g/mol. The molecule has 0 bridgehead atoms. The third-order valence-electron chi connectivity index (χ3n) is 3.69. The van der Waals surface area contributed by atoms with Crippen molar-refractivity contribution < 1.29 is 9.21 Å². The van der Waals surface area contributed by atoms with Crippen molar-refractivity contribution in [2.45, 2.75) is 33.4 Å². The number of amides is 1. The molecule has 0 spiro atoms. The molecule has 0 saturated heterocycles. The highest BCUT2D eigenvalue weighted by atomic mass is 32.1. The Bertz CT molecular complexity index is 891. The molecule has 3 rings (SSSR count). The van der Waals surface area contributed by atoms with Crippen LogP contribution in [-0.4, -0.2) is 10.5 Å². The van der Waals surface area contributed by atoms with E-state index in [0.717, 1.165) is 16.0 Å². The van der Waals surface area contributed by atoms with Crippen molar-refractivity contribution in [3.8, 4) is 0 Å². The van der Waals surface area contributed by atoms with Gasteiger partial charge >= 0.3 is 0 Å². The molecule has 0 radical (unpaired) electrons. The lowest BCUT2D eigenvalue weighted by atomic mass is 10.1. The third kappa shape index (κ3) is 2.94. The van der Waals surface area contributed by atoms with Gasteiger partial charge in [0.25, 0.3) is 11.5 Å². The highest BCUT2D eigenvalue weighted by Crippen LogP contribution is 2.28. The molecule has 5 nitrogen and oxygen atoms in total. The first-order valence-corrected chi connectivity index (χ1v) is 8.36. The number of nitrogens with zero attached hydrogens (tertiary/aromatic N) is 1. The molecular weight excluding hydrogens is 312 g/mol. The number of rotatable bonds is 5. The number of hydrogen-bond acceptors (Lipinski definition) is 4. The van der Waals surface area contributed by atoms with E-state index in [4.69, 9.17) is 4.42 Å². The van der Waals surface area contributed by atoms with E-state index in [0.29, 0.717) is 29.8 Å². The van der Waals surface area contributed by atoms with Crippen molar-refractivity contribution in [3.05, 3.63) is 57.2 Å². The van der Waals surface area contributed by atoms with Crippen molar-refractivity contribution in [2.75, 3.05) is 0 Å². The minimum atomic E-state index is -0.239. The van der Waals surface area contributed by atoms with Crippen LogP contribution in [0.4, 0.5) is 0 Å². The van der Waals surface area contributed by atoms with E-state index in [1.54, 1.807) is 29.2 Å². The zero-order chi connectivity index (χ0) is 16.4. The summed E-state index contributed by atoms with van der Waals surface area (Å²) in [5.74, 6) is 0.440. The molecule has 6 heteroatoms. The second-order valence-electron chi connectivity index (χ2n) is 5.35. The van der Waals surface area contributed by atoms with Gasteiger partial charge in [0, 0.05) is 22.3 Å². The predicted octanol–water partition coefficient (Wildman–Crippen LogP) is 3.30. The van der Waals surface area contributed by atoms with Crippen LogP contribution in [0.3, 0.4) is 0 Å². The fraction of sp³-hybridized carbons (Fsp3) is 0.294. The highest BCUT2D eigenvalue weighted by molar-refractivity contribution is 7.19. The molecule has 0 aliphatic rings. The van der Waals surface area contributed by atoms with Gasteiger partial charge in [-0.2, -0.15) is 0 Å². The predicted molar refractivity (Wildman–Crippen MR) is 91.0 cm³/mol. The van der Waals surface area contributed by atoms with E-state index < -0.39 is 0 Å². The molecule has 1 N–H and O–H groups in total. The lowest BCUT2D eigenvalue weighted by Gasteiger charge is -2.06. The van der Waals surface area contributed by atoms with Crippen LogP contribution in [0.25, 0.3) is 10.1 Å². The first-order valence-electron chi connectivity index (χ1n) is 7.55. The van der Waals surface area contributed by atoms with E-state index >= 15 is 0 Å². The minimum Gasteiger partial charge on any atom is -0.467 e. The van der Waals surface area contributed by atoms with Gasteiger partial charge in [0.1, 0.15) is 5.76 Å². The Kier molecular flexibility index (Phi) is 4.34. The maximum absolute atomic E-state index is 12.7. The first kappa shape index (κ1) is 15.6. The number of aryl methyl sites for hydroxylation is 2. The molecule has 1 amide bonds. The largest absolute Gasteiger partial charge is 0.467 e. The quantitative estimate of drug-likeness (QED) is 0.780. The van der Waals surface area contributed by atoms with Crippen LogP contribution in [0.2, 0.25) is 0 Å². The van der Waals surface area contributed by atoms with Crippen molar-refractivity contribution in [2.24, 2.45) is 0 Å². The molecular formula is C17H18N2O3S. The lowest BCUT2D eigenvalue weighted by Crippen LogP contribution is -2.26. The summed E-state index contributed by atoms with van der Waals surface area (Å²) in [7, 11) is 0. The zero-order valence-corrected chi connectivity index (χ0v) is 13.9. The van der Waals surface area contributed by atoms with Crippen LogP contribution in [0.15, 0.2) is 39.9 Å². The van der Waals surface area contributed by atoms with Gasteiger partial charge in [-0.25, -0.2) is 0 Å². The zero-order valence-electron chi connectivity index (χ0n) is 13.1. The van der Waals surface area contributed by atoms with Gasteiger partial charge in [0.2, 0.25) is 0 Å². The summed E-state index contributed by atoms with van der Waals surface area (Å²) in [6, 6.07) is 5.48. The fourth-order valence-corrected chi connectivity index (χ4v) is 3.67. The molecule has 0 aliphatic heterocycles. The van der Waals surface area contributed by atoms with Crippen LogP contribution in [0.5, 0.6) is 0 Å². The summed E-state index contributed by atoms with van der Waals surface area (Å²) in [6.07, 6.45) is 4.24. The van der Waals surface area contributed by atoms with E-state index in [1.807, 2.05) is 19.9 Å². The van der Waals surface area contributed by atoms with Crippen LogP contribution < -0.4 is 10.9 Å². The number of pyridine rings is 1. The summed E-state index contributed by atoms with van der Waals surface area (Å²) in [5, 5.41) is 3.34. The molecule has 0 unspecified atom stereocenters. The first-order chi connectivity index (χ1) is 11.1. The molecule has 120 valence electrons. The number of furan rings is 1. The number of carbonyl (C=O) groups excluding carboxylic acids is 1. The van der Waals surface area contributed by atoms with E-state index in [1.165, 1.54) is 11.3 Å². The molecule has 0 atom stereocenters. The van der Waals surface area contributed by atoms with Crippen molar-refractivity contribution in [1.29, 1.82) is 0 Å². The van der Waals surface area contributed by atoms with E-state index in [2.05, 4.69) is 5.32 Å². The number of thiophene rings is 1. The third-order valence-corrected chi connectivity index (χ3v) is 4.76. The number of nitrogens with one attached hydrogen (secondary N) is 1. The normalized spacial score (nSPS) is 11.0. The monoisotopic (exact) mass is 330 g/mol. The Morgan fingerprint density at radius 2 is 2.22 bits per heavy atom. The number of fused-ring (bicyclic) bond motifs is 1. The maximum atomic E-state index is 12.7. The van der Waals surface area contributed by atoms with Gasteiger partial charge < -0.3 is 14.3 Å². The summed E-state index contributed by atoms with van der Waals surface area (Å²) in [6.45, 7) is 4.85. The average Bonchev–Trinajstić information content (AvgIpc) is 3.15. The van der Waals surface area contributed by atoms with E-state index in [-0.39, 0.29) is 11.5 Å². The molecule has 0 fully saturated rings. The Labute approximate surface area is 137 Å². The van der Waals surface area contributed by atoms with Gasteiger partial charge in [-0.1, -0.05) is 6.92 Å². The highest BCUT2D eigenvalue weighted by Gasteiger charge is 2.20. The Morgan fingerprint density at radius 3 is 2.91 bits per heavy atom. The summed E-state index contributed by atoms with van der Waals surface area (Å²) < 4.78 is 7.73. The van der Waals surface area contributed by atoms with Gasteiger partial charge in [0.15, 0.2) is 0 Å². The van der Waals surface area contributed by atoms with Gasteiger partial charge in [-0.05, 0) is 31.5 Å². The van der Waals surface area contributed by atoms with Crippen LogP contribution in [0.1, 0.15) is 34.3 Å². The van der Waals surface area contributed by atoms with Gasteiger partial charge in [-0.15, -0.1) is 11.3 Å². The number of hydrogen-bond donors (Lipinski definition) is 1. The molecule has 0 saturated carbocycles. The van der Waals surface area contributed by atoms with Crippen molar-refractivity contribution in [3.63, 3.8) is 0 Å². The second-order valence-corrected chi connectivity index (χ2v) is 6.61. The fourth-order valence-electron chi connectivity index (χ4n) is 2.62. The summed E-state index contributed by atoms with van der Waals surface area (Å²) in [4.78, 5) is 26.1. The standard InChI is InChI=1S/C17H18N2O3S/c1-3-7-19-8-6-13-15(17(19)21)14(11(2)23-13)16(20)18-10-12-5-4-9-22-12/h4-6,8-9H,3,7,10H2,1-2H3,(H,18,20). The Balaban J connectivity index is 1.98. The van der Waals surface area contributed by atoms with Crippen molar-refractivity contribution in [1.82, 2.24) is 9.88 Å². The molecule has 0 aliphatic carbocycles. The SMILES string of the molecule is CCCn1ccc2sc(C)c(C(=O)NCc3ccco3)c2c1=O. The molecule has 3 heterocycles. The van der Waals surface area contributed by atoms with Crippen molar-refractivity contribution >= 4 is 27.3 Å². The van der Waals surface area contributed by atoms with Gasteiger partial charge in [-0.3, -0.25) is 9.59 Å².